The highest BCUT2D eigenvalue weighted by atomic mass is 19.4. The first-order chi connectivity index (χ1) is 12.8. The Morgan fingerprint density at radius 3 is 2.70 bits per heavy atom. The normalized spacial score (nSPS) is 17.0. The number of pyridine rings is 1. The van der Waals surface area contributed by atoms with Gasteiger partial charge in [-0.25, -0.2) is 4.98 Å². The minimum atomic E-state index is -4.50. The topological polar surface area (TPSA) is 63.7 Å². The number of alkyl halides is 3. The maximum absolute atomic E-state index is 12.5. The molecule has 2 rings (SSSR count). The van der Waals surface area contributed by atoms with E-state index < -0.39 is 18.7 Å². The maximum atomic E-state index is 12.5. The zero-order valence-corrected chi connectivity index (χ0v) is 15.6. The molecular weight excluding hydrogens is 363 g/mol. The van der Waals surface area contributed by atoms with Gasteiger partial charge in [0.25, 0.3) is 5.91 Å². The van der Waals surface area contributed by atoms with Gasteiger partial charge in [-0.15, -0.1) is 0 Å². The van der Waals surface area contributed by atoms with Crippen molar-refractivity contribution in [2.24, 2.45) is 5.92 Å². The summed E-state index contributed by atoms with van der Waals surface area (Å²) in [5.41, 5.74) is -0.00738. The number of aromatic nitrogens is 1. The fourth-order valence-corrected chi connectivity index (χ4v) is 2.98. The van der Waals surface area contributed by atoms with Crippen molar-refractivity contribution in [3.05, 3.63) is 23.9 Å². The molecule has 0 spiro atoms. The second-order valence-electron chi connectivity index (χ2n) is 6.90. The Morgan fingerprint density at radius 2 is 2.07 bits per heavy atom. The molecule has 2 heterocycles. The number of hydrogen-bond donors (Lipinski definition) is 1. The third kappa shape index (κ3) is 7.34. The molecule has 1 fully saturated rings. The van der Waals surface area contributed by atoms with Crippen molar-refractivity contribution >= 4 is 5.91 Å². The van der Waals surface area contributed by atoms with E-state index >= 15 is 0 Å². The number of rotatable bonds is 8. The molecule has 1 aromatic rings. The Balaban J connectivity index is 2.00. The fraction of sp³-hybridized carbons (Fsp3) is 0.667. The Hall–Kier alpha value is -1.87. The van der Waals surface area contributed by atoms with Gasteiger partial charge in [0.1, 0.15) is 5.56 Å². The molecule has 1 aromatic heterocycles. The summed E-state index contributed by atoms with van der Waals surface area (Å²) in [6, 6.07) is 3.03. The Bertz CT molecular complexity index is 605. The molecule has 1 unspecified atom stereocenters. The second kappa shape index (κ2) is 9.89. The lowest BCUT2D eigenvalue weighted by molar-refractivity contribution is -0.154. The third-order valence-corrected chi connectivity index (χ3v) is 4.19. The summed E-state index contributed by atoms with van der Waals surface area (Å²) in [5, 5.41) is 2.82. The predicted octanol–water partition coefficient (Wildman–Crippen LogP) is 2.50. The van der Waals surface area contributed by atoms with Crippen molar-refractivity contribution in [3.63, 3.8) is 0 Å². The molecule has 1 saturated heterocycles. The van der Waals surface area contributed by atoms with Crippen molar-refractivity contribution in [2.45, 2.75) is 32.5 Å². The standard InChI is InChI=1S/C18H26F3N3O3/c1-13(2)10-14(24-6-8-26-9-7-24)11-23-16(25)15-4-3-5-22-17(15)27-12-18(19,20)21/h3-5,13-14H,6-12H2,1-2H3,(H,23,25). The molecule has 1 atom stereocenters. The number of nitrogens with one attached hydrogen (secondary N) is 1. The molecule has 1 amide bonds. The molecule has 6 nitrogen and oxygen atoms in total. The zero-order chi connectivity index (χ0) is 19.9. The van der Waals surface area contributed by atoms with Crippen molar-refractivity contribution in [1.82, 2.24) is 15.2 Å². The smallest absolute Gasteiger partial charge is 0.422 e. The van der Waals surface area contributed by atoms with E-state index in [1.54, 1.807) is 0 Å². The molecule has 0 aromatic carbocycles. The van der Waals surface area contributed by atoms with E-state index in [0.717, 1.165) is 19.5 Å². The van der Waals surface area contributed by atoms with Gasteiger partial charge in [-0.05, 0) is 24.5 Å². The summed E-state index contributed by atoms with van der Waals surface area (Å²) in [5.74, 6) is -0.375. The summed E-state index contributed by atoms with van der Waals surface area (Å²) in [6.07, 6.45) is -2.31. The maximum Gasteiger partial charge on any atom is 0.422 e. The predicted molar refractivity (Wildman–Crippen MR) is 93.8 cm³/mol. The van der Waals surface area contributed by atoms with Crippen LogP contribution in [0.5, 0.6) is 5.88 Å². The summed E-state index contributed by atoms with van der Waals surface area (Å²) in [4.78, 5) is 18.5. The number of hydrogen-bond acceptors (Lipinski definition) is 5. The summed E-state index contributed by atoms with van der Waals surface area (Å²) < 4.78 is 47.2. The molecule has 9 heteroatoms. The van der Waals surface area contributed by atoms with Crippen LogP contribution in [0.4, 0.5) is 13.2 Å². The molecule has 0 radical (unpaired) electrons. The molecular formula is C18H26F3N3O3. The number of nitrogens with zero attached hydrogens (tertiary/aromatic N) is 2. The average Bonchev–Trinajstić information content (AvgIpc) is 2.63. The third-order valence-electron chi connectivity index (χ3n) is 4.19. The van der Waals surface area contributed by atoms with E-state index in [4.69, 9.17) is 4.74 Å². The first kappa shape index (κ1) is 21.4. The first-order valence-electron chi connectivity index (χ1n) is 9.01. The number of morpholine rings is 1. The lowest BCUT2D eigenvalue weighted by atomic mass is 10.0. The molecule has 0 aliphatic carbocycles. The van der Waals surface area contributed by atoms with Gasteiger partial charge in [0.05, 0.1) is 13.2 Å². The van der Waals surface area contributed by atoms with Crippen LogP contribution in [0.1, 0.15) is 30.6 Å². The molecule has 1 aliphatic heterocycles. The van der Waals surface area contributed by atoms with Crippen LogP contribution in [0.25, 0.3) is 0 Å². The van der Waals surface area contributed by atoms with Crippen LogP contribution in [0.3, 0.4) is 0 Å². The van der Waals surface area contributed by atoms with E-state index in [9.17, 15) is 18.0 Å². The van der Waals surface area contributed by atoms with Crippen LogP contribution in [-0.4, -0.2) is 67.5 Å². The molecule has 27 heavy (non-hydrogen) atoms. The molecule has 0 saturated carbocycles. The summed E-state index contributed by atoms with van der Waals surface area (Å²) >= 11 is 0. The van der Waals surface area contributed by atoms with Crippen LogP contribution in [0.2, 0.25) is 0 Å². The van der Waals surface area contributed by atoms with Gasteiger partial charge in [0.2, 0.25) is 5.88 Å². The largest absolute Gasteiger partial charge is 0.467 e. The van der Waals surface area contributed by atoms with E-state index in [1.807, 2.05) is 0 Å². The lowest BCUT2D eigenvalue weighted by Gasteiger charge is -2.35. The fourth-order valence-electron chi connectivity index (χ4n) is 2.98. The van der Waals surface area contributed by atoms with Crippen molar-refractivity contribution in [2.75, 3.05) is 39.5 Å². The molecule has 0 bridgehead atoms. The SMILES string of the molecule is CC(C)CC(CNC(=O)c1cccnc1OCC(F)(F)F)N1CCOCC1. The lowest BCUT2D eigenvalue weighted by Crippen LogP contribution is -2.49. The van der Waals surface area contributed by atoms with Crippen LogP contribution >= 0.6 is 0 Å². The van der Waals surface area contributed by atoms with E-state index in [1.165, 1.54) is 18.3 Å². The Kier molecular flexibility index (Phi) is 7.85. The first-order valence-corrected chi connectivity index (χ1v) is 9.01. The van der Waals surface area contributed by atoms with Gasteiger partial charge in [-0.2, -0.15) is 13.2 Å². The Morgan fingerprint density at radius 1 is 1.37 bits per heavy atom. The van der Waals surface area contributed by atoms with Gasteiger partial charge in [-0.3, -0.25) is 9.69 Å². The average molecular weight is 389 g/mol. The highest BCUT2D eigenvalue weighted by Crippen LogP contribution is 2.20. The van der Waals surface area contributed by atoms with Gasteiger partial charge in [0, 0.05) is 31.9 Å². The number of amides is 1. The number of carbonyl (C=O) groups is 1. The minimum Gasteiger partial charge on any atom is -0.467 e. The summed E-state index contributed by atoms with van der Waals surface area (Å²) in [6.45, 7) is 6.01. The van der Waals surface area contributed by atoms with Crippen molar-refractivity contribution < 1.29 is 27.4 Å². The van der Waals surface area contributed by atoms with E-state index in [0.29, 0.717) is 25.7 Å². The molecule has 1 N–H and O–H groups in total. The van der Waals surface area contributed by atoms with Crippen LogP contribution in [-0.2, 0) is 4.74 Å². The highest BCUT2D eigenvalue weighted by molar-refractivity contribution is 5.96. The number of carbonyl (C=O) groups excluding carboxylic acids is 1. The van der Waals surface area contributed by atoms with Crippen molar-refractivity contribution in [1.29, 1.82) is 0 Å². The van der Waals surface area contributed by atoms with Gasteiger partial charge in [-0.1, -0.05) is 13.8 Å². The van der Waals surface area contributed by atoms with Crippen LogP contribution in [0, 0.1) is 5.92 Å². The highest BCUT2D eigenvalue weighted by Gasteiger charge is 2.30. The molecule has 152 valence electrons. The molecule has 1 aliphatic rings. The zero-order valence-electron chi connectivity index (χ0n) is 15.6. The minimum absolute atomic E-state index is 0.00738. The second-order valence-corrected chi connectivity index (χ2v) is 6.90. The van der Waals surface area contributed by atoms with E-state index in [-0.39, 0.29) is 17.5 Å². The van der Waals surface area contributed by atoms with E-state index in [2.05, 4.69) is 33.8 Å². The number of halogens is 3. The Labute approximate surface area is 157 Å². The van der Waals surface area contributed by atoms with Crippen LogP contribution in [0.15, 0.2) is 18.3 Å². The van der Waals surface area contributed by atoms with Gasteiger partial charge >= 0.3 is 6.18 Å². The van der Waals surface area contributed by atoms with Crippen LogP contribution < -0.4 is 10.1 Å². The number of ether oxygens (including phenoxy) is 2. The quantitative estimate of drug-likeness (QED) is 0.740. The monoisotopic (exact) mass is 389 g/mol. The van der Waals surface area contributed by atoms with Gasteiger partial charge in [0.15, 0.2) is 6.61 Å². The summed E-state index contributed by atoms with van der Waals surface area (Å²) in [7, 11) is 0. The van der Waals surface area contributed by atoms with Gasteiger partial charge < -0.3 is 14.8 Å². The van der Waals surface area contributed by atoms with Crippen molar-refractivity contribution in [3.8, 4) is 5.88 Å².